The molecule has 7 heteroatoms. The molecule has 1 aromatic carbocycles. The van der Waals surface area contributed by atoms with Crippen LogP contribution in [0.2, 0.25) is 0 Å². The highest BCUT2D eigenvalue weighted by Gasteiger charge is 2.72. The summed E-state index contributed by atoms with van der Waals surface area (Å²) in [5.74, 6) is 3.13. The van der Waals surface area contributed by atoms with E-state index < -0.39 is 12.2 Å². The lowest BCUT2D eigenvalue weighted by molar-refractivity contribution is -0.149. The molecule has 0 spiro atoms. The van der Waals surface area contributed by atoms with Crippen molar-refractivity contribution in [1.29, 1.82) is 0 Å². The molecule has 2 bridgehead atoms. The van der Waals surface area contributed by atoms with Gasteiger partial charge in [0.25, 0.3) is 5.91 Å². The van der Waals surface area contributed by atoms with Gasteiger partial charge in [-0.3, -0.25) is 4.79 Å². The number of aryl methyl sites for hydroxylation is 1. The topological polar surface area (TPSA) is 97.5 Å². The number of carbonyl (C=O) groups is 1. The summed E-state index contributed by atoms with van der Waals surface area (Å²) in [6.45, 7) is 4.22. The molecule has 5 aliphatic rings. The maximum atomic E-state index is 12.9. The molecule has 1 aliphatic heterocycles. The number of aliphatic hydroxyl groups is 1. The first-order valence-electron chi connectivity index (χ1n) is 11.0. The summed E-state index contributed by atoms with van der Waals surface area (Å²) >= 11 is 0. The summed E-state index contributed by atoms with van der Waals surface area (Å²) in [5.41, 5.74) is 1.56. The van der Waals surface area contributed by atoms with E-state index in [0.29, 0.717) is 11.7 Å². The van der Waals surface area contributed by atoms with Gasteiger partial charge in [0.15, 0.2) is 6.10 Å². The molecule has 4 fully saturated rings. The monoisotopic (exact) mass is 409 g/mol. The number of nitrogens with one attached hydrogen (secondary N) is 1. The van der Waals surface area contributed by atoms with Crippen molar-refractivity contribution in [3.63, 3.8) is 0 Å². The Kier molecular flexibility index (Phi) is 3.71. The van der Waals surface area contributed by atoms with Crippen LogP contribution >= 0.6 is 0 Å². The summed E-state index contributed by atoms with van der Waals surface area (Å²) in [6.07, 6.45) is 3.68. The molecule has 2 aromatic rings. The molecule has 4 aliphatic carbocycles. The van der Waals surface area contributed by atoms with Gasteiger partial charge in [-0.25, -0.2) is 0 Å². The predicted molar refractivity (Wildman–Crippen MR) is 107 cm³/mol. The predicted octanol–water partition coefficient (Wildman–Crippen LogP) is 3.07. The van der Waals surface area contributed by atoms with Crippen LogP contribution in [-0.4, -0.2) is 32.9 Å². The van der Waals surface area contributed by atoms with Gasteiger partial charge in [-0.2, -0.15) is 0 Å². The van der Waals surface area contributed by atoms with Crippen LogP contribution < -0.4 is 10.1 Å². The van der Waals surface area contributed by atoms with Crippen LogP contribution in [0.1, 0.15) is 80.4 Å². The zero-order valence-corrected chi connectivity index (χ0v) is 17.4. The fourth-order valence-corrected chi connectivity index (χ4v) is 5.93. The SMILES string of the molecule is Cc1ccc2c(c1)[C@H](O)C[C@H](C(=O)NC13CC(c4nnc(C5CC(C)C5)o4)(C1)C3)O2. The molecule has 1 amide bonds. The number of fused-ring (bicyclic) bond motifs is 1. The van der Waals surface area contributed by atoms with Crippen molar-refractivity contribution in [2.75, 3.05) is 0 Å². The van der Waals surface area contributed by atoms with Crippen molar-refractivity contribution in [1.82, 2.24) is 15.5 Å². The number of carbonyl (C=O) groups excluding carboxylic acids is 1. The van der Waals surface area contributed by atoms with E-state index in [2.05, 4.69) is 22.4 Å². The molecule has 0 saturated heterocycles. The molecular formula is C23H27N3O4. The number of aliphatic hydroxyl groups excluding tert-OH is 1. The van der Waals surface area contributed by atoms with E-state index in [0.717, 1.165) is 60.9 Å². The minimum absolute atomic E-state index is 0.0645. The molecule has 30 heavy (non-hydrogen) atoms. The smallest absolute Gasteiger partial charge is 0.261 e. The first-order valence-corrected chi connectivity index (χ1v) is 11.0. The van der Waals surface area contributed by atoms with Gasteiger partial charge in [0.1, 0.15) is 5.75 Å². The van der Waals surface area contributed by atoms with E-state index in [4.69, 9.17) is 9.15 Å². The first-order chi connectivity index (χ1) is 14.3. The molecule has 0 unspecified atom stereocenters. The minimum Gasteiger partial charge on any atom is -0.480 e. The van der Waals surface area contributed by atoms with E-state index in [1.54, 1.807) is 0 Å². The number of hydrogen-bond donors (Lipinski definition) is 2. The molecule has 1 aromatic heterocycles. The highest BCUT2D eigenvalue weighted by atomic mass is 16.5. The van der Waals surface area contributed by atoms with Crippen LogP contribution in [0.4, 0.5) is 0 Å². The quantitative estimate of drug-likeness (QED) is 0.806. The highest BCUT2D eigenvalue weighted by molar-refractivity contribution is 5.83. The van der Waals surface area contributed by atoms with Crippen LogP contribution in [0.25, 0.3) is 0 Å². The summed E-state index contributed by atoms with van der Waals surface area (Å²) in [5, 5.41) is 22.3. The van der Waals surface area contributed by atoms with Crippen molar-refractivity contribution in [3.05, 3.63) is 41.1 Å². The van der Waals surface area contributed by atoms with E-state index in [1.165, 1.54) is 0 Å². The van der Waals surface area contributed by atoms with Gasteiger partial charge in [0.05, 0.1) is 11.5 Å². The van der Waals surface area contributed by atoms with Gasteiger partial charge < -0.3 is 19.6 Å². The molecule has 4 saturated carbocycles. The van der Waals surface area contributed by atoms with Crippen molar-refractivity contribution >= 4 is 5.91 Å². The second kappa shape index (κ2) is 6.06. The van der Waals surface area contributed by atoms with Crippen molar-refractivity contribution < 1.29 is 19.1 Å². The zero-order chi connectivity index (χ0) is 20.7. The zero-order valence-electron chi connectivity index (χ0n) is 17.4. The van der Waals surface area contributed by atoms with Crippen LogP contribution in [-0.2, 0) is 10.2 Å². The average Bonchev–Trinajstić information content (AvgIpc) is 3.10. The molecule has 2 atom stereocenters. The van der Waals surface area contributed by atoms with Gasteiger partial charge in [-0.1, -0.05) is 18.6 Å². The number of ether oxygens (including phenoxy) is 1. The minimum atomic E-state index is -0.685. The van der Waals surface area contributed by atoms with Crippen molar-refractivity contribution in [2.45, 2.75) is 81.5 Å². The Morgan fingerprint density at radius 2 is 1.97 bits per heavy atom. The Balaban J connectivity index is 1.08. The lowest BCUT2D eigenvalue weighted by Gasteiger charge is -2.68. The Morgan fingerprint density at radius 1 is 1.20 bits per heavy atom. The Morgan fingerprint density at radius 3 is 2.70 bits per heavy atom. The summed E-state index contributed by atoms with van der Waals surface area (Å²) < 4.78 is 11.9. The number of hydrogen-bond acceptors (Lipinski definition) is 6. The lowest BCUT2D eigenvalue weighted by Crippen LogP contribution is -2.77. The molecule has 2 N–H and O–H groups in total. The molecule has 158 valence electrons. The van der Waals surface area contributed by atoms with Crippen LogP contribution in [0.3, 0.4) is 0 Å². The highest BCUT2D eigenvalue weighted by Crippen LogP contribution is 2.67. The number of benzene rings is 1. The number of amides is 1. The third-order valence-electron chi connectivity index (χ3n) is 7.56. The van der Waals surface area contributed by atoms with Crippen LogP contribution in [0.15, 0.2) is 22.6 Å². The molecule has 0 radical (unpaired) electrons. The first kappa shape index (κ1) is 18.4. The van der Waals surface area contributed by atoms with Gasteiger partial charge in [0, 0.05) is 23.4 Å². The number of aromatic nitrogens is 2. The van der Waals surface area contributed by atoms with Crippen LogP contribution in [0, 0.1) is 12.8 Å². The standard InChI is InChI=1S/C23H27N3O4/c1-12-3-4-17-15(7-12)16(27)8-18(29-17)19(28)24-23-9-22(10-23,11-23)21-26-25-20(30-21)14-5-13(2)6-14/h3-4,7,13-14,16,18,27H,5-6,8-11H2,1-2H3,(H,24,28)/t13?,14?,16-,18-,22?,23?/m1/s1. The molecule has 7 rings (SSSR count). The van der Waals surface area contributed by atoms with Gasteiger partial charge >= 0.3 is 0 Å². The lowest BCUT2D eigenvalue weighted by atomic mass is 9.39. The number of rotatable bonds is 4. The molecule has 7 nitrogen and oxygen atoms in total. The van der Waals surface area contributed by atoms with Gasteiger partial charge in [0.2, 0.25) is 11.8 Å². The summed E-state index contributed by atoms with van der Waals surface area (Å²) in [4.78, 5) is 12.9. The Labute approximate surface area is 175 Å². The third-order valence-corrected chi connectivity index (χ3v) is 7.56. The molecular weight excluding hydrogens is 382 g/mol. The van der Waals surface area contributed by atoms with E-state index in [-0.39, 0.29) is 23.3 Å². The van der Waals surface area contributed by atoms with Gasteiger partial charge in [-0.05, 0) is 57.1 Å². The van der Waals surface area contributed by atoms with Gasteiger partial charge in [-0.15, -0.1) is 10.2 Å². The van der Waals surface area contributed by atoms with E-state index >= 15 is 0 Å². The Bertz CT molecular complexity index is 1010. The van der Waals surface area contributed by atoms with E-state index in [1.807, 2.05) is 25.1 Å². The number of nitrogens with zero attached hydrogens (tertiary/aromatic N) is 2. The van der Waals surface area contributed by atoms with Crippen LogP contribution in [0.5, 0.6) is 5.75 Å². The second-order valence-corrected chi connectivity index (χ2v) is 10.2. The Hall–Kier alpha value is -2.41. The van der Waals surface area contributed by atoms with Crippen molar-refractivity contribution in [3.8, 4) is 5.75 Å². The maximum Gasteiger partial charge on any atom is 0.261 e. The van der Waals surface area contributed by atoms with Crippen molar-refractivity contribution in [2.24, 2.45) is 5.92 Å². The normalized spacial score (nSPS) is 38.4. The second-order valence-electron chi connectivity index (χ2n) is 10.2. The average molecular weight is 409 g/mol. The summed E-state index contributed by atoms with van der Waals surface area (Å²) in [6, 6.07) is 5.68. The fourth-order valence-electron chi connectivity index (χ4n) is 5.93. The molecule has 2 heterocycles. The van der Waals surface area contributed by atoms with E-state index in [9.17, 15) is 9.90 Å². The fraction of sp³-hybridized carbons (Fsp3) is 0.609. The maximum absolute atomic E-state index is 12.9. The third kappa shape index (κ3) is 2.64. The summed E-state index contributed by atoms with van der Waals surface area (Å²) in [7, 11) is 0. The largest absolute Gasteiger partial charge is 0.480 e.